The fourth-order valence-electron chi connectivity index (χ4n) is 2.16. The third-order valence-corrected chi connectivity index (χ3v) is 3.15. The zero-order valence-corrected chi connectivity index (χ0v) is 10.4. The van der Waals surface area contributed by atoms with Gasteiger partial charge in [0.05, 0.1) is 30.2 Å². The molecular formula is C15H13N3O. The van der Waals surface area contributed by atoms with Gasteiger partial charge in [-0.2, -0.15) is 10.4 Å². The molecule has 2 aromatic rings. The van der Waals surface area contributed by atoms with E-state index in [4.69, 9.17) is 10.00 Å². The summed E-state index contributed by atoms with van der Waals surface area (Å²) in [5.41, 5.74) is 3.59. The highest BCUT2D eigenvalue weighted by Crippen LogP contribution is 2.21. The second-order valence-electron chi connectivity index (χ2n) is 4.33. The quantitative estimate of drug-likeness (QED) is 0.824. The second-order valence-corrected chi connectivity index (χ2v) is 4.33. The minimum absolute atomic E-state index is 0.623. The number of nitrogens with zero attached hydrogens (tertiary/aromatic N) is 3. The van der Waals surface area contributed by atoms with Crippen LogP contribution in [0.1, 0.15) is 17.7 Å². The number of benzene rings is 1. The molecule has 0 spiro atoms. The summed E-state index contributed by atoms with van der Waals surface area (Å²) in [7, 11) is 0. The Labute approximate surface area is 111 Å². The van der Waals surface area contributed by atoms with Crippen molar-refractivity contribution >= 4 is 5.57 Å². The molecule has 1 aliphatic rings. The number of para-hydroxylation sites is 1. The van der Waals surface area contributed by atoms with Gasteiger partial charge in [-0.05, 0) is 30.2 Å². The maximum Gasteiger partial charge on any atom is 0.101 e. The molecular weight excluding hydrogens is 238 g/mol. The lowest BCUT2D eigenvalue weighted by Gasteiger charge is -2.11. The van der Waals surface area contributed by atoms with Crippen LogP contribution in [-0.4, -0.2) is 23.0 Å². The molecule has 0 amide bonds. The van der Waals surface area contributed by atoms with Crippen molar-refractivity contribution in [2.24, 2.45) is 0 Å². The van der Waals surface area contributed by atoms with Crippen LogP contribution in [0.25, 0.3) is 11.3 Å². The molecule has 0 atom stereocenters. The second kappa shape index (κ2) is 5.09. The van der Waals surface area contributed by atoms with Crippen LogP contribution >= 0.6 is 0 Å². The molecule has 0 N–H and O–H groups in total. The van der Waals surface area contributed by atoms with Crippen LogP contribution in [0.3, 0.4) is 0 Å². The topological polar surface area (TPSA) is 50.8 Å². The molecule has 2 heterocycles. The van der Waals surface area contributed by atoms with E-state index in [-0.39, 0.29) is 0 Å². The summed E-state index contributed by atoms with van der Waals surface area (Å²) in [5.74, 6) is 0. The van der Waals surface area contributed by atoms with Crippen molar-refractivity contribution in [3.8, 4) is 11.8 Å². The maximum atomic E-state index is 9.12. The van der Waals surface area contributed by atoms with Crippen LogP contribution in [0, 0.1) is 11.3 Å². The molecule has 0 aliphatic carbocycles. The Hall–Kier alpha value is -2.38. The van der Waals surface area contributed by atoms with Crippen molar-refractivity contribution < 1.29 is 4.74 Å². The van der Waals surface area contributed by atoms with Crippen molar-refractivity contribution in [2.45, 2.75) is 6.42 Å². The lowest BCUT2D eigenvalue weighted by Crippen LogP contribution is -2.05. The van der Waals surface area contributed by atoms with Gasteiger partial charge in [-0.25, -0.2) is 4.68 Å². The van der Waals surface area contributed by atoms with E-state index in [1.54, 1.807) is 10.7 Å². The maximum absolute atomic E-state index is 9.12. The van der Waals surface area contributed by atoms with Crippen LogP contribution in [0.15, 0.2) is 42.6 Å². The fourth-order valence-corrected chi connectivity index (χ4v) is 2.16. The van der Waals surface area contributed by atoms with Gasteiger partial charge in [0, 0.05) is 6.20 Å². The minimum atomic E-state index is 0.623. The molecule has 0 saturated carbocycles. The third-order valence-electron chi connectivity index (χ3n) is 3.15. The number of ether oxygens (including phenoxy) is 1. The summed E-state index contributed by atoms with van der Waals surface area (Å²) in [6.45, 7) is 1.39. The standard InChI is InChI=1S/C15H13N3O/c16-11-13-3-1-2-4-15(13)18-8-5-14(17-18)12-6-9-19-10-7-12/h1-6,8H,7,9-10H2. The van der Waals surface area contributed by atoms with Gasteiger partial charge < -0.3 is 4.74 Å². The van der Waals surface area contributed by atoms with Crippen LogP contribution in [-0.2, 0) is 4.74 Å². The van der Waals surface area contributed by atoms with Crippen molar-refractivity contribution in [3.05, 3.63) is 53.9 Å². The Balaban J connectivity index is 1.97. The molecule has 0 radical (unpaired) electrons. The van der Waals surface area contributed by atoms with Gasteiger partial charge >= 0.3 is 0 Å². The van der Waals surface area contributed by atoms with Crippen molar-refractivity contribution in [1.82, 2.24) is 9.78 Å². The SMILES string of the molecule is N#Cc1ccccc1-n1ccc(C2=CCOCC2)n1. The molecule has 1 aliphatic heterocycles. The Bertz CT molecular complexity index is 664. The highest BCUT2D eigenvalue weighted by molar-refractivity contribution is 5.63. The van der Waals surface area contributed by atoms with E-state index < -0.39 is 0 Å². The number of hydrogen-bond donors (Lipinski definition) is 0. The first kappa shape index (κ1) is 11.7. The molecule has 4 heteroatoms. The smallest absolute Gasteiger partial charge is 0.101 e. The highest BCUT2D eigenvalue weighted by atomic mass is 16.5. The highest BCUT2D eigenvalue weighted by Gasteiger charge is 2.11. The average Bonchev–Trinajstić information content (AvgIpc) is 2.98. The van der Waals surface area contributed by atoms with E-state index >= 15 is 0 Å². The molecule has 19 heavy (non-hydrogen) atoms. The number of rotatable bonds is 2. The van der Waals surface area contributed by atoms with Crippen molar-refractivity contribution in [2.75, 3.05) is 13.2 Å². The molecule has 0 bridgehead atoms. The van der Waals surface area contributed by atoms with Gasteiger partial charge in [-0.3, -0.25) is 0 Å². The number of aromatic nitrogens is 2. The number of hydrogen-bond acceptors (Lipinski definition) is 3. The van der Waals surface area contributed by atoms with Gasteiger partial charge in [0.25, 0.3) is 0 Å². The lowest BCUT2D eigenvalue weighted by molar-refractivity contribution is 0.161. The van der Waals surface area contributed by atoms with Gasteiger partial charge in [0.15, 0.2) is 0 Å². The van der Waals surface area contributed by atoms with Crippen molar-refractivity contribution in [3.63, 3.8) is 0 Å². The predicted molar refractivity (Wildman–Crippen MR) is 71.7 cm³/mol. The molecule has 1 aromatic heterocycles. The molecule has 4 nitrogen and oxygen atoms in total. The molecule has 1 aromatic carbocycles. The molecule has 0 saturated heterocycles. The lowest BCUT2D eigenvalue weighted by atomic mass is 10.1. The minimum Gasteiger partial charge on any atom is -0.377 e. The zero-order valence-electron chi connectivity index (χ0n) is 10.4. The van der Waals surface area contributed by atoms with E-state index in [9.17, 15) is 0 Å². The first-order valence-electron chi connectivity index (χ1n) is 6.21. The zero-order chi connectivity index (χ0) is 13.1. The van der Waals surface area contributed by atoms with Gasteiger partial charge in [-0.15, -0.1) is 0 Å². The fraction of sp³-hybridized carbons (Fsp3) is 0.200. The summed E-state index contributed by atoms with van der Waals surface area (Å²) in [4.78, 5) is 0. The Morgan fingerprint density at radius 1 is 1.26 bits per heavy atom. The summed E-state index contributed by atoms with van der Waals surface area (Å²) < 4.78 is 7.05. The van der Waals surface area contributed by atoms with Crippen LogP contribution in [0.4, 0.5) is 0 Å². The van der Waals surface area contributed by atoms with Crippen LogP contribution in [0.5, 0.6) is 0 Å². The first-order valence-corrected chi connectivity index (χ1v) is 6.21. The van der Waals surface area contributed by atoms with Crippen molar-refractivity contribution in [1.29, 1.82) is 5.26 Å². The number of nitriles is 1. The summed E-state index contributed by atoms with van der Waals surface area (Å²) in [6, 6.07) is 11.6. The molecule has 94 valence electrons. The summed E-state index contributed by atoms with van der Waals surface area (Å²) in [5, 5.41) is 13.7. The average molecular weight is 251 g/mol. The normalized spacial score (nSPS) is 14.8. The van der Waals surface area contributed by atoms with Gasteiger partial charge in [0.2, 0.25) is 0 Å². The van der Waals surface area contributed by atoms with Gasteiger partial charge in [0.1, 0.15) is 6.07 Å². The summed E-state index contributed by atoms with van der Waals surface area (Å²) in [6.07, 6.45) is 4.84. The molecule has 0 unspecified atom stereocenters. The van der Waals surface area contributed by atoms with E-state index in [1.165, 1.54) is 5.57 Å². The van der Waals surface area contributed by atoms with E-state index in [2.05, 4.69) is 17.2 Å². The van der Waals surface area contributed by atoms with Gasteiger partial charge in [-0.1, -0.05) is 18.2 Å². The summed E-state index contributed by atoms with van der Waals surface area (Å²) >= 11 is 0. The first-order chi connectivity index (χ1) is 9.38. The van der Waals surface area contributed by atoms with Crippen LogP contribution in [0.2, 0.25) is 0 Å². The molecule has 3 rings (SSSR count). The Kier molecular flexibility index (Phi) is 3.13. The molecule has 0 fully saturated rings. The monoisotopic (exact) mass is 251 g/mol. The third kappa shape index (κ3) is 2.28. The Morgan fingerprint density at radius 3 is 2.95 bits per heavy atom. The Morgan fingerprint density at radius 2 is 2.16 bits per heavy atom. The van der Waals surface area contributed by atoms with Crippen LogP contribution < -0.4 is 0 Å². The van der Waals surface area contributed by atoms with E-state index in [0.717, 1.165) is 24.4 Å². The largest absolute Gasteiger partial charge is 0.377 e. The van der Waals surface area contributed by atoms with E-state index in [0.29, 0.717) is 12.2 Å². The van der Waals surface area contributed by atoms with E-state index in [1.807, 2.05) is 30.5 Å². The predicted octanol–water partition coefficient (Wildman–Crippen LogP) is 2.55.